The van der Waals surface area contributed by atoms with Crippen LogP contribution in [0.4, 0.5) is 0 Å². The van der Waals surface area contributed by atoms with Crippen LogP contribution in [-0.2, 0) is 6.42 Å². The van der Waals surface area contributed by atoms with Crippen LogP contribution in [0.1, 0.15) is 5.69 Å². The molecule has 0 fully saturated rings. The molecule has 1 aromatic rings. The Morgan fingerprint density at radius 1 is 1.33 bits per heavy atom. The van der Waals surface area contributed by atoms with Crippen molar-refractivity contribution in [1.82, 2.24) is 16.0 Å². The second-order valence-electron chi connectivity index (χ2n) is 2.57. The van der Waals surface area contributed by atoms with E-state index >= 15 is 0 Å². The van der Waals surface area contributed by atoms with Crippen LogP contribution in [0, 0.1) is 0 Å². The van der Waals surface area contributed by atoms with Gasteiger partial charge in [-0.15, -0.1) is 0 Å². The largest absolute Gasteiger partial charge is 0.315 e. The first kappa shape index (κ1) is 9.16. The molecule has 0 aromatic carbocycles. The van der Waals surface area contributed by atoms with E-state index in [1.807, 2.05) is 18.2 Å². The van der Waals surface area contributed by atoms with Crippen molar-refractivity contribution in [2.24, 2.45) is 0 Å². The molecule has 1 radical (unpaired) electrons. The van der Waals surface area contributed by atoms with Crippen LogP contribution < -0.4 is 11.1 Å². The third-order valence-electron chi connectivity index (χ3n) is 1.59. The minimum absolute atomic E-state index is 0.447. The molecule has 0 atom stereocenters. The van der Waals surface area contributed by atoms with Crippen molar-refractivity contribution in [3.8, 4) is 0 Å². The molecule has 0 aliphatic carbocycles. The lowest BCUT2D eigenvalue weighted by Crippen LogP contribution is -2.21. The molecular formula is C9H14N3. The highest BCUT2D eigenvalue weighted by Crippen LogP contribution is 1.92. The molecule has 0 spiro atoms. The lowest BCUT2D eigenvalue weighted by atomic mass is 10.3. The van der Waals surface area contributed by atoms with E-state index in [0.717, 1.165) is 25.2 Å². The Hall–Kier alpha value is -0.930. The smallest absolute Gasteiger partial charge is 0.0416 e. The number of hydrogen-bond acceptors (Lipinski definition) is 2. The van der Waals surface area contributed by atoms with Crippen LogP contribution in [0.15, 0.2) is 24.4 Å². The molecule has 65 valence electrons. The number of hydrogen-bond donors (Lipinski definition) is 1. The van der Waals surface area contributed by atoms with Gasteiger partial charge in [-0.05, 0) is 12.1 Å². The van der Waals surface area contributed by atoms with Gasteiger partial charge in [0, 0.05) is 37.9 Å². The van der Waals surface area contributed by atoms with Gasteiger partial charge in [0.05, 0.1) is 0 Å². The van der Waals surface area contributed by atoms with Gasteiger partial charge in [-0.2, -0.15) is 0 Å². The van der Waals surface area contributed by atoms with Crippen LogP contribution in [0.25, 0.3) is 0 Å². The molecule has 1 aromatic heterocycles. The molecule has 0 bridgehead atoms. The lowest BCUT2D eigenvalue weighted by molar-refractivity contribution is 0.677. The molecule has 12 heavy (non-hydrogen) atoms. The zero-order valence-electron chi connectivity index (χ0n) is 7.09. The third-order valence-corrected chi connectivity index (χ3v) is 1.59. The van der Waals surface area contributed by atoms with E-state index < -0.39 is 0 Å². The molecule has 0 unspecified atom stereocenters. The van der Waals surface area contributed by atoms with Crippen molar-refractivity contribution in [3.63, 3.8) is 0 Å². The lowest BCUT2D eigenvalue weighted by Gasteiger charge is -2.01. The van der Waals surface area contributed by atoms with E-state index in [9.17, 15) is 0 Å². The fourth-order valence-electron chi connectivity index (χ4n) is 0.976. The fourth-order valence-corrected chi connectivity index (χ4v) is 0.976. The van der Waals surface area contributed by atoms with E-state index in [1.165, 1.54) is 0 Å². The maximum Gasteiger partial charge on any atom is 0.0416 e. The Labute approximate surface area is 73.0 Å². The van der Waals surface area contributed by atoms with Crippen LogP contribution in [0.5, 0.6) is 0 Å². The summed E-state index contributed by atoms with van der Waals surface area (Å²) in [4.78, 5) is 4.19. The molecule has 2 N–H and O–H groups in total. The van der Waals surface area contributed by atoms with Crippen molar-refractivity contribution in [3.05, 3.63) is 30.1 Å². The summed E-state index contributed by atoms with van der Waals surface area (Å²) in [6, 6.07) is 5.93. The van der Waals surface area contributed by atoms with Crippen molar-refractivity contribution < 1.29 is 0 Å². The standard InChI is InChI=1S/C9H14N3/c10-5-8-11-7-4-9-3-1-2-6-12-9/h1-3,6,10-11H,4-5,7-8H2. The van der Waals surface area contributed by atoms with Gasteiger partial charge in [-0.1, -0.05) is 6.07 Å². The van der Waals surface area contributed by atoms with E-state index in [-0.39, 0.29) is 0 Å². The maximum absolute atomic E-state index is 6.91. The van der Waals surface area contributed by atoms with Crippen molar-refractivity contribution >= 4 is 0 Å². The highest BCUT2D eigenvalue weighted by atomic mass is 14.9. The first-order valence-electron chi connectivity index (χ1n) is 4.18. The molecule has 0 aliphatic heterocycles. The molecule has 3 nitrogen and oxygen atoms in total. The van der Waals surface area contributed by atoms with Gasteiger partial charge in [0.25, 0.3) is 0 Å². The molecule has 3 heteroatoms. The van der Waals surface area contributed by atoms with E-state index in [2.05, 4.69) is 10.3 Å². The number of rotatable bonds is 5. The summed E-state index contributed by atoms with van der Waals surface area (Å²) in [6.45, 7) is 2.13. The molecule has 0 aliphatic rings. The summed E-state index contributed by atoms with van der Waals surface area (Å²) in [7, 11) is 0. The zero-order chi connectivity index (χ0) is 8.65. The Bertz CT molecular complexity index is 198. The van der Waals surface area contributed by atoms with Gasteiger partial charge in [0.2, 0.25) is 0 Å². The van der Waals surface area contributed by atoms with Crippen LogP contribution in [0.2, 0.25) is 0 Å². The first-order chi connectivity index (χ1) is 5.93. The van der Waals surface area contributed by atoms with E-state index in [4.69, 9.17) is 5.73 Å². The molecule has 1 rings (SSSR count). The van der Waals surface area contributed by atoms with Crippen molar-refractivity contribution in [2.75, 3.05) is 19.6 Å². The number of pyridine rings is 1. The summed E-state index contributed by atoms with van der Waals surface area (Å²) in [5, 5.41) is 3.16. The monoisotopic (exact) mass is 164 g/mol. The number of nitrogens with one attached hydrogen (secondary N) is 2. The van der Waals surface area contributed by atoms with Gasteiger partial charge >= 0.3 is 0 Å². The van der Waals surface area contributed by atoms with E-state index in [1.54, 1.807) is 6.20 Å². The predicted octanol–water partition coefficient (Wildman–Crippen LogP) is 0.497. The van der Waals surface area contributed by atoms with Gasteiger partial charge in [-0.25, -0.2) is 0 Å². The molecule has 0 amide bonds. The Morgan fingerprint density at radius 2 is 2.25 bits per heavy atom. The molecular weight excluding hydrogens is 150 g/mol. The quantitative estimate of drug-likeness (QED) is 0.644. The van der Waals surface area contributed by atoms with Crippen LogP contribution in [-0.4, -0.2) is 24.6 Å². The zero-order valence-corrected chi connectivity index (χ0v) is 7.09. The van der Waals surface area contributed by atoms with Gasteiger partial charge < -0.3 is 5.32 Å². The second-order valence-corrected chi connectivity index (χ2v) is 2.57. The Balaban J connectivity index is 2.16. The maximum atomic E-state index is 6.91. The van der Waals surface area contributed by atoms with Crippen LogP contribution in [0.3, 0.4) is 0 Å². The first-order valence-corrected chi connectivity index (χ1v) is 4.18. The molecule has 0 saturated carbocycles. The van der Waals surface area contributed by atoms with Crippen LogP contribution >= 0.6 is 0 Å². The van der Waals surface area contributed by atoms with Gasteiger partial charge in [0.1, 0.15) is 0 Å². The second kappa shape index (κ2) is 5.69. The number of aromatic nitrogens is 1. The fraction of sp³-hybridized carbons (Fsp3) is 0.444. The van der Waals surface area contributed by atoms with E-state index in [0.29, 0.717) is 6.54 Å². The average molecular weight is 164 g/mol. The molecule has 1 heterocycles. The summed E-state index contributed by atoms with van der Waals surface area (Å²) in [5.74, 6) is 0. The topological polar surface area (TPSA) is 48.7 Å². The molecule has 0 saturated heterocycles. The van der Waals surface area contributed by atoms with Crippen molar-refractivity contribution in [1.29, 1.82) is 0 Å². The third kappa shape index (κ3) is 3.46. The summed E-state index contributed by atoms with van der Waals surface area (Å²) >= 11 is 0. The highest BCUT2D eigenvalue weighted by Gasteiger charge is 1.90. The Morgan fingerprint density at radius 3 is 2.92 bits per heavy atom. The average Bonchev–Trinajstić information content (AvgIpc) is 2.14. The predicted molar refractivity (Wildman–Crippen MR) is 48.8 cm³/mol. The highest BCUT2D eigenvalue weighted by molar-refractivity contribution is 5.03. The number of nitrogens with zero attached hydrogens (tertiary/aromatic N) is 1. The summed E-state index contributed by atoms with van der Waals surface area (Å²) in [6.07, 6.45) is 2.75. The minimum Gasteiger partial charge on any atom is -0.315 e. The van der Waals surface area contributed by atoms with Gasteiger partial charge in [0.15, 0.2) is 0 Å². The summed E-state index contributed by atoms with van der Waals surface area (Å²) < 4.78 is 0. The Kier molecular flexibility index (Phi) is 4.34. The van der Waals surface area contributed by atoms with Gasteiger partial charge in [-0.3, -0.25) is 10.7 Å². The minimum atomic E-state index is 0.447. The normalized spacial score (nSPS) is 10.1. The SMILES string of the molecule is [NH]CCNCCc1ccccn1. The van der Waals surface area contributed by atoms with Crippen molar-refractivity contribution in [2.45, 2.75) is 6.42 Å². The summed E-state index contributed by atoms with van der Waals surface area (Å²) in [5.41, 5.74) is 8.01.